The van der Waals surface area contributed by atoms with Crippen LogP contribution in [0.15, 0.2) is 4.90 Å². The summed E-state index contributed by atoms with van der Waals surface area (Å²) < 4.78 is 27.9. The Bertz CT molecular complexity index is 652. The van der Waals surface area contributed by atoms with Gasteiger partial charge in [-0.05, 0) is 20.3 Å². The Morgan fingerprint density at radius 3 is 2.62 bits per heavy atom. The van der Waals surface area contributed by atoms with Crippen molar-refractivity contribution in [2.45, 2.75) is 44.2 Å². The lowest BCUT2D eigenvalue weighted by Gasteiger charge is -2.16. The molecule has 118 valence electrons. The minimum absolute atomic E-state index is 0.0848. The highest BCUT2D eigenvalue weighted by Crippen LogP contribution is 2.26. The van der Waals surface area contributed by atoms with Crippen molar-refractivity contribution in [2.75, 3.05) is 13.1 Å². The van der Waals surface area contributed by atoms with Crippen molar-refractivity contribution in [1.82, 2.24) is 14.1 Å². The average molecular weight is 317 g/mol. The number of carbonyl (C=O) groups is 1. The maximum Gasteiger partial charge on any atom is 0.305 e. The van der Waals surface area contributed by atoms with Crippen LogP contribution in [0.3, 0.4) is 0 Å². The van der Waals surface area contributed by atoms with E-state index in [9.17, 15) is 18.3 Å². The minimum Gasteiger partial charge on any atom is -0.481 e. The molecule has 2 heterocycles. The lowest BCUT2D eigenvalue weighted by atomic mass is 10.3. The van der Waals surface area contributed by atoms with Gasteiger partial charge < -0.3 is 10.2 Å². The second-order valence-electron chi connectivity index (χ2n) is 5.17. The van der Waals surface area contributed by atoms with Crippen LogP contribution in [0.25, 0.3) is 0 Å². The van der Waals surface area contributed by atoms with Gasteiger partial charge in [-0.25, -0.2) is 8.42 Å². The number of hydrogen-bond acceptors (Lipinski definition) is 5. The molecule has 0 saturated carbocycles. The van der Waals surface area contributed by atoms with Crippen molar-refractivity contribution in [3.63, 3.8) is 0 Å². The molecule has 21 heavy (non-hydrogen) atoms. The van der Waals surface area contributed by atoms with Gasteiger partial charge in [-0.1, -0.05) is 0 Å². The number of aliphatic hydroxyl groups is 1. The molecule has 1 atom stereocenters. The number of aryl methyl sites for hydroxylation is 2. The molecule has 2 rings (SSSR count). The molecule has 1 unspecified atom stereocenters. The van der Waals surface area contributed by atoms with E-state index < -0.39 is 22.1 Å². The minimum atomic E-state index is -3.71. The molecule has 1 aliphatic rings. The molecular weight excluding hydrogens is 298 g/mol. The predicted octanol–water partition coefficient (Wildman–Crippen LogP) is -0.270. The topological polar surface area (TPSA) is 113 Å². The number of carboxylic acids is 1. The first-order chi connectivity index (χ1) is 9.73. The van der Waals surface area contributed by atoms with E-state index in [0.717, 1.165) is 0 Å². The molecule has 1 aromatic heterocycles. The Labute approximate surface area is 123 Å². The number of rotatable bonds is 5. The first-order valence-corrected chi connectivity index (χ1v) is 8.11. The van der Waals surface area contributed by atoms with Crippen molar-refractivity contribution < 1.29 is 23.4 Å². The van der Waals surface area contributed by atoms with E-state index in [4.69, 9.17) is 5.11 Å². The number of nitrogens with zero attached hydrogens (tertiary/aromatic N) is 3. The number of sulfonamides is 1. The maximum atomic E-state index is 12.6. The standard InChI is InChI=1S/C12H19N3O5S/c1-8-12(9(2)15(13-8)6-4-11(17)18)21(19,20)14-5-3-10(16)7-14/h10,16H,3-7H2,1-2H3,(H,17,18). The fraction of sp³-hybridized carbons (Fsp3) is 0.667. The van der Waals surface area contributed by atoms with E-state index in [0.29, 0.717) is 17.8 Å². The summed E-state index contributed by atoms with van der Waals surface area (Å²) in [6, 6.07) is 0. The van der Waals surface area contributed by atoms with E-state index in [2.05, 4.69) is 5.10 Å². The Balaban J connectivity index is 2.33. The third-order valence-corrected chi connectivity index (χ3v) is 5.69. The molecule has 9 heteroatoms. The lowest BCUT2D eigenvalue weighted by molar-refractivity contribution is -0.137. The van der Waals surface area contributed by atoms with Crippen LogP contribution in [0.2, 0.25) is 0 Å². The monoisotopic (exact) mass is 317 g/mol. The van der Waals surface area contributed by atoms with Crippen molar-refractivity contribution in [3.8, 4) is 0 Å². The summed E-state index contributed by atoms with van der Waals surface area (Å²) in [5, 5.41) is 22.3. The summed E-state index contributed by atoms with van der Waals surface area (Å²) in [6.07, 6.45) is -0.337. The Morgan fingerprint density at radius 1 is 1.43 bits per heavy atom. The SMILES string of the molecule is Cc1nn(CCC(=O)O)c(C)c1S(=O)(=O)N1CCC(O)C1. The van der Waals surface area contributed by atoms with Gasteiger partial charge in [0.05, 0.1) is 30.5 Å². The number of aliphatic hydroxyl groups excluding tert-OH is 1. The Hall–Kier alpha value is -1.45. The first kappa shape index (κ1) is 15.9. The summed E-state index contributed by atoms with van der Waals surface area (Å²) in [4.78, 5) is 10.7. The number of carboxylic acid groups (broad SMARTS) is 1. The zero-order chi connectivity index (χ0) is 15.8. The molecule has 1 saturated heterocycles. The predicted molar refractivity (Wildman–Crippen MR) is 73.3 cm³/mol. The summed E-state index contributed by atoms with van der Waals surface area (Å²) in [5.74, 6) is -0.963. The number of aromatic nitrogens is 2. The van der Waals surface area contributed by atoms with Crippen LogP contribution in [0.5, 0.6) is 0 Å². The third-order valence-electron chi connectivity index (χ3n) is 3.58. The molecule has 8 nitrogen and oxygen atoms in total. The van der Waals surface area contributed by atoms with Crippen molar-refractivity contribution in [3.05, 3.63) is 11.4 Å². The largest absolute Gasteiger partial charge is 0.481 e. The van der Waals surface area contributed by atoms with Gasteiger partial charge in [-0.15, -0.1) is 0 Å². The molecule has 0 aliphatic carbocycles. The van der Waals surface area contributed by atoms with Gasteiger partial charge in [-0.3, -0.25) is 9.48 Å². The van der Waals surface area contributed by atoms with Crippen LogP contribution in [-0.4, -0.2) is 57.9 Å². The Kier molecular flexibility index (Phi) is 4.35. The van der Waals surface area contributed by atoms with Crippen LogP contribution < -0.4 is 0 Å². The Morgan fingerprint density at radius 2 is 2.10 bits per heavy atom. The van der Waals surface area contributed by atoms with Crippen LogP contribution in [0.1, 0.15) is 24.2 Å². The summed E-state index contributed by atoms with van der Waals surface area (Å²) in [6.45, 7) is 3.69. The lowest BCUT2D eigenvalue weighted by Crippen LogP contribution is -2.30. The van der Waals surface area contributed by atoms with Crippen LogP contribution in [0.4, 0.5) is 0 Å². The van der Waals surface area contributed by atoms with E-state index in [-0.39, 0.29) is 31.0 Å². The highest BCUT2D eigenvalue weighted by molar-refractivity contribution is 7.89. The second kappa shape index (κ2) is 5.74. The molecule has 0 bridgehead atoms. The molecule has 1 aromatic rings. The molecule has 1 aliphatic heterocycles. The summed E-state index contributed by atoms with van der Waals surface area (Å²) in [5.41, 5.74) is 0.773. The summed E-state index contributed by atoms with van der Waals surface area (Å²) in [7, 11) is -3.71. The zero-order valence-electron chi connectivity index (χ0n) is 12.0. The van der Waals surface area contributed by atoms with Crippen molar-refractivity contribution in [1.29, 1.82) is 0 Å². The molecule has 0 amide bonds. The van der Waals surface area contributed by atoms with E-state index in [1.54, 1.807) is 13.8 Å². The van der Waals surface area contributed by atoms with Gasteiger partial charge in [0.15, 0.2) is 0 Å². The fourth-order valence-corrected chi connectivity index (χ4v) is 4.40. The van der Waals surface area contributed by atoms with Crippen LogP contribution in [0, 0.1) is 13.8 Å². The van der Waals surface area contributed by atoms with E-state index in [1.807, 2.05) is 0 Å². The number of aliphatic carboxylic acids is 1. The zero-order valence-corrected chi connectivity index (χ0v) is 12.8. The van der Waals surface area contributed by atoms with Gasteiger partial charge >= 0.3 is 5.97 Å². The highest BCUT2D eigenvalue weighted by Gasteiger charge is 2.35. The van der Waals surface area contributed by atoms with Crippen molar-refractivity contribution >= 4 is 16.0 Å². The second-order valence-corrected chi connectivity index (χ2v) is 7.05. The first-order valence-electron chi connectivity index (χ1n) is 6.67. The molecule has 0 spiro atoms. The number of β-amino-alcohol motifs (C(OH)–C–C–N with tert-alkyl or cyclic N) is 1. The molecule has 1 fully saturated rings. The van der Waals surface area contributed by atoms with Crippen LogP contribution in [-0.2, 0) is 21.4 Å². The molecular formula is C12H19N3O5S. The van der Waals surface area contributed by atoms with Gasteiger partial charge in [0, 0.05) is 13.1 Å². The maximum absolute atomic E-state index is 12.6. The van der Waals surface area contributed by atoms with E-state index in [1.165, 1.54) is 8.99 Å². The highest BCUT2D eigenvalue weighted by atomic mass is 32.2. The van der Waals surface area contributed by atoms with Gasteiger partial charge in [0.1, 0.15) is 4.90 Å². The van der Waals surface area contributed by atoms with Crippen molar-refractivity contribution in [2.24, 2.45) is 0 Å². The molecule has 2 N–H and O–H groups in total. The smallest absolute Gasteiger partial charge is 0.305 e. The average Bonchev–Trinajstić information content (AvgIpc) is 2.92. The van der Waals surface area contributed by atoms with Gasteiger partial charge in [0.25, 0.3) is 0 Å². The fourth-order valence-electron chi connectivity index (χ4n) is 2.53. The third kappa shape index (κ3) is 3.09. The summed E-state index contributed by atoms with van der Waals surface area (Å²) >= 11 is 0. The van der Waals surface area contributed by atoms with Crippen LogP contribution >= 0.6 is 0 Å². The van der Waals surface area contributed by atoms with Gasteiger partial charge in [-0.2, -0.15) is 9.40 Å². The molecule has 0 radical (unpaired) electrons. The normalized spacial score (nSPS) is 20.0. The molecule has 0 aromatic carbocycles. The van der Waals surface area contributed by atoms with Gasteiger partial charge in [0.2, 0.25) is 10.0 Å². The quantitative estimate of drug-likeness (QED) is 0.773. The number of hydrogen-bond donors (Lipinski definition) is 2. The van der Waals surface area contributed by atoms with E-state index >= 15 is 0 Å².